The van der Waals surface area contributed by atoms with Crippen molar-refractivity contribution in [2.45, 2.75) is 13.0 Å². The molecule has 1 atom stereocenters. The highest BCUT2D eigenvalue weighted by Crippen LogP contribution is 2.25. The molecule has 0 saturated heterocycles. The van der Waals surface area contributed by atoms with Gasteiger partial charge in [-0.1, -0.05) is 33.2 Å². The van der Waals surface area contributed by atoms with Gasteiger partial charge < -0.3 is 10.3 Å². The number of aryl methyl sites for hydroxylation is 1. The van der Waals surface area contributed by atoms with Crippen LogP contribution in [0.3, 0.4) is 0 Å². The summed E-state index contributed by atoms with van der Waals surface area (Å²) in [6, 6.07) is 5.61. The van der Waals surface area contributed by atoms with Crippen LogP contribution in [0.5, 0.6) is 0 Å². The molecule has 1 unspecified atom stereocenters. The Morgan fingerprint density at radius 1 is 1.47 bits per heavy atom. The molecule has 0 spiro atoms. The van der Waals surface area contributed by atoms with E-state index in [0.717, 1.165) is 10.0 Å². The van der Waals surface area contributed by atoms with Crippen molar-refractivity contribution in [3.63, 3.8) is 0 Å². The number of aromatic nitrogens is 2. The van der Waals surface area contributed by atoms with Crippen molar-refractivity contribution in [1.82, 2.24) is 10.1 Å². The summed E-state index contributed by atoms with van der Waals surface area (Å²) in [6.45, 7) is 2.02. The van der Waals surface area contributed by atoms with Crippen LogP contribution < -0.4 is 5.73 Å². The van der Waals surface area contributed by atoms with Gasteiger partial charge in [0.1, 0.15) is 0 Å². The third-order valence-corrected chi connectivity index (χ3v) is 2.83. The van der Waals surface area contributed by atoms with E-state index in [1.54, 1.807) is 0 Å². The summed E-state index contributed by atoms with van der Waals surface area (Å²) < 4.78 is 5.62. The van der Waals surface area contributed by atoms with Crippen molar-refractivity contribution in [2.75, 3.05) is 0 Å². The van der Waals surface area contributed by atoms with E-state index < -0.39 is 0 Å². The zero-order valence-electron chi connectivity index (χ0n) is 8.14. The summed E-state index contributed by atoms with van der Waals surface area (Å²) in [7, 11) is 0. The number of nitrogens with zero attached hydrogens (tertiary/aromatic N) is 2. The normalized spacial score (nSPS) is 12.7. The maximum atomic E-state index is 6.00. The van der Waals surface area contributed by atoms with Crippen molar-refractivity contribution >= 4 is 15.9 Å². The molecule has 2 rings (SSSR count). The lowest BCUT2D eigenvalue weighted by molar-refractivity contribution is 0.407. The third kappa shape index (κ3) is 2.08. The molecule has 2 N–H and O–H groups in total. The Morgan fingerprint density at radius 2 is 2.27 bits per heavy atom. The highest BCUT2D eigenvalue weighted by molar-refractivity contribution is 9.10. The van der Waals surface area contributed by atoms with E-state index in [1.165, 1.54) is 12.0 Å². The third-order valence-electron chi connectivity index (χ3n) is 2.15. The first-order valence-electron chi connectivity index (χ1n) is 4.46. The van der Waals surface area contributed by atoms with E-state index in [4.69, 9.17) is 5.73 Å². The fourth-order valence-corrected chi connectivity index (χ4v) is 2.08. The molecule has 1 heterocycles. The molecule has 78 valence electrons. The molecule has 0 aliphatic heterocycles. The molecule has 0 bridgehead atoms. The van der Waals surface area contributed by atoms with Crippen LogP contribution in [0.25, 0.3) is 0 Å². The highest BCUT2D eigenvalue weighted by atomic mass is 79.9. The second-order valence-electron chi connectivity index (χ2n) is 3.29. The van der Waals surface area contributed by atoms with Gasteiger partial charge in [-0.25, -0.2) is 0 Å². The molecule has 0 saturated carbocycles. The quantitative estimate of drug-likeness (QED) is 0.906. The fourth-order valence-electron chi connectivity index (χ4n) is 1.34. The minimum atomic E-state index is -0.362. The summed E-state index contributed by atoms with van der Waals surface area (Å²) >= 11 is 3.47. The average Bonchev–Trinajstić information content (AvgIpc) is 2.69. The second-order valence-corrected chi connectivity index (χ2v) is 4.15. The van der Waals surface area contributed by atoms with Crippen molar-refractivity contribution in [1.29, 1.82) is 0 Å². The van der Waals surface area contributed by atoms with E-state index in [9.17, 15) is 0 Å². The van der Waals surface area contributed by atoms with E-state index in [0.29, 0.717) is 5.82 Å². The van der Waals surface area contributed by atoms with Crippen LogP contribution in [-0.2, 0) is 0 Å². The number of rotatable bonds is 2. The second kappa shape index (κ2) is 4.12. The van der Waals surface area contributed by atoms with Crippen molar-refractivity contribution in [3.8, 4) is 0 Å². The molecular formula is C10H10BrN3O. The van der Waals surface area contributed by atoms with Crippen LogP contribution in [-0.4, -0.2) is 10.1 Å². The molecule has 2 aromatic rings. The maximum Gasteiger partial charge on any atom is 0.213 e. The predicted octanol–water partition coefficient (Wildman–Crippen LogP) is 2.19. The van der Waals surface area contributed by atoms with E-state index >= 15 is 0 Å². The number of hydrogen-bond donors (Lipinski definition) is 1. The van der Waals surface area contributed by atoms with Gasteiger partial charge in [-0.2, -0.15) is 4.98 Å². The Balaban J connectivity index is 2.38. The van der Waals surface area contributed by atoms with Crippen LogP contribution in [0.2, 0.25) is 0 Å². The Labute approximate surface area is 95.6 Å². The molecule has 15 heavy (non-hydrogen) atoms. The molecule has 4 nitrogen and oxygen atoms in total. The lowest BCUT2D eigenvalue weighted by Gasteiger charge is -2.10. The van der Waals surface area contributed by atoms with Gasteiger partial charge in [0.05, 0.1) is 6.04 Å². The number of nitrogens with two attached hydrogens (primary N) is 1. The summed E-state index contributed by atoms with van der Waals surface area (Å²) in [4.78, 5) is 3.93. The van der Waals surface area contributed by atoms with Crippen molar-refractivity contribution in [2.24, 2.45) is 5.73 Å². The summed E-state index contributed by atoms with van der Waals surface area (Å²) in [5.74, 6) is 0.486. The van der Waals surface area contributed by atoms with Gasteiger partial charge in [-0.3, -0.25) is 0 Å². The first-order valence-corrected chi connectivity index (χ1v) is 5.25. The zero-order chi connectivity index (χ0) is 10.8. The largest absolute Gasteiger partial charge is 0.343 e. The van der Waals surface area contributed by atoms with Gasteiger partial charge in [0.2, 0.25) is 6.39 Å². The number of benzene rings is 1. The molecule has 0 amide bonds. The molecule has 0 aliphatic rings. The highest BCUT2D eigenvalue weighted by Gasteiger charge is 2.15. The van der Waals surface area contributed by atoms with Crippen molar-refractivity contribution < 1.29 is 4.52 Å². The smallest absolute Gasteiger partial charge is 0.213 e. The average molecular weight is 268 g/mol. The van der Waals surface area contributed by atoms with Crippen LogP contribution in [0.1, 0.15) is 23.0 Å². The maximum absolute atomic E-state index is 6.00. The van der Waals surface area contributed by atoms with Crippen LogP contribution in [0.15, 0.2) is 33.6 Å². The fraction of sp³-hybridized carbons (Fsp3) is 0.200. The molecule has 1 aromatic carbocycles. The molecular weight excluding hydrogens is 258 g/mol. The van der Waals surface area contributed by atoms with Gasteiger partial charge in [0.15, 0.2) is 5.82 Å². The van der Waals surface area contributed by atoms with Crippen LogP contribution >= 0.6 is 15.9 Å². The van der Waals surface area contributed by atoms with Gasteiger partial charge in [0, 0.05) is 4.47 Å². The summed E-state index contributed by atoms with van der Waals surface area (Å²) in [5.41, 5.74) is 8.12. The van der Waals surface area contributed by atoms with Gasteiger partial charge in [-0.05, 0) is 24.1 Å². The van der Waals surface area contributed by atoms with Crippen LogP contribution in [0.4, 0.5) is 0 Å². The minimum absolute atomic E-state index is 0.362. The first kappa shape index (κ1) is 10.3. The predicted molar refractivity (Wildman–Crippen MR) is 59.2 cm³/mol. The molecule has 0 aliphatic carbocycles. The topological polar surface area (TPSA) is 64.9 Å². The Kier molecular flexibility index (Phi) is 2.83. The van der Waals surface area contributed by atoms with Gasteiger partial charge in [-0.15, -0.1) is 0 Å². The summed E-state index contributed by atoms with van der Waals surface area (Å²) in [6.07, 6.45) is 1.28. The van der Waals surface area contributed by atoms with Gasteiger partial charge in [0.25, 0.3) is 0 Å². The van der Waals surface area contributed by atoms with Crippen molar-refractivity contribution in [3.05, 3.63) is 46.0 Å². The molecule has 0 radical (unpaired) electrons. The number of hydrogen-bond acceptors (Lipinski definition) is 4. The van der Waals surface area contributed by atoms with Gasteiger partial charge >= 0.3 is 0 Å². The Bertz CT molecular complexity index is 456. The molecule has 5 heteroatoms. The van der Waals surface area contributed by atoms with E-state index in [-0.39, 0.29) is 6.04 Å². The summed E-state index contributed by atoms with van der Waals surface area (Å²) in [5, 5.41) is 3.72. The van der Waals surface area contributed by atoms with Crippen LogP contribution in [0, 0.1) is 6.92 Å². The molecule has 1 aromatic heterocycles. The Morgan fingerprint density at radius 3 is 2.87 bits per heavy atom. The number of halogens is 1. The van der Waals surface area contributed by atoms with E-state index in [1.807, 2.05) is 25.1 Å². The van der Waals surface area contributed by atoms with E-state index in [2.05, 4.69) is 30.6 Å². The first-order chi connectivity index (χ1) is 7.18. The minimum Gasteiger partial charge on any atom is -0.343 e. The molecule has 0 fully saturated rings. The SMILES string of the molecule is Cc1ccc(C(N)c2ncon2)c(Br)c1. The lowest BCUT2D eigenvalue weighted by atomic mass is 10.1. The lowest BCUT2D eigenvalue weighted by Crippen LogP contribution is -2.14. The zero-order valence-corrected chi connectivity index (χ0v) is 9.73. The standard InChI is InChI=1S/C10H10BrN3O/c1-6-2-3-7(8(11)4-6)9(12)10-13-5-15-14-10/h2-5,9H,12H2,1H3. The monoisotopic (exact) mass is 267 g/mol. The Hall–Kier alpha value is -1.20.